The van der Waals surface area contributed by atoms with E-state index in [-0.39, 0.29) is 0 Å². The van der Waals surface area contributed by atoms with Crippen molar-refractivity contribution < 1.29 is 4.79 Å². The standard InChI is InChI=1S/C11H14ClNO/c1-4-13(11(12)14)10-8(2)6-5-7-9(10)3/h5-7H,4H2,1-3H3. The van der Waals surface area contributed by atoms with Gasteiger partial charge >= 0.3 is 5.37 Å². The molecule has 2 nitrogen and oxygen atoms in total. The number of para-hydroxylation sites is 1. The van der Waals surface area contributed by atoms with Gasteiger partial charge in [-0.05, 0) is 43.5 Å². The molecule has 0 unspecified atom stereocenters. The van der Waals surface area contributed by atoms with Crippen molar-refractivity contribution in [3.63, 3.8) is 0 Å². The molecule has 14 heavy (non-hydrogen) atoms. The highest BCUT2D eigenvalue weighted by Gasteiger charge is 2.14. The quantitative estimate of drug-likeness (QED) is 0.542. The number of hydrogen-bond donors (Lipinski definition) is 0. The van der Waals surface area contributed by atoms with Crippen molar-refractivity contribution in [1.82, 2.24) is 0 Å². The molecular formula is C11H14ClNO. The summed E-state index contributed by atoms with van der Waals surface area (Å²) < 4.78 is 0. The number of carbonyl (C=O) groups is 1. The summed E-state index contributed by atoms with van der Waals surface area (Å²) in [6.07, 6.45) is 0. The molecule has 0 N–H and O–H groups in total. The highest BCUT2D eigenvalue weighted by atomic mass is 35.5. The zero-order valence-electron chi connectivity index (χ0n) is 8.67. The van der Waals surface area contributed by atoms with E-state index in [1.165, 1.54) is 0 Å². The molecule has 0 fully saturated rings. The molecule has 0 aliphatic heterocycles. The van der Waals surface area contributed by atoms with Gasteiger partial charge < -0.3 is 0 Å². The van der Waals surface area contributed by atoms with Crippen molar-refractivity contribution in [1.29, 1.82) is 0 Å². The van der Waals surface area contributed by atoms with Crippen LogP contribution in [0.5, 0.6) is 0 Å². The van der Waals surface area contributed by atoms with Crippen LogP contribution in [0, 0.1) is 13.8 Å². The fraction of sp³-hybridized carbons (Fsp3) is 0.364. The van der Waals surface area contributed by atoms with Crippen LogP contribution in [0.2, 0.25) is 0 Å². The molecule has 3 heteroatoms. The number of benzene rings is 1. The maximum atomic E-state index is 11.2. The van der Waals surface area contributed by atoms with Gasteiger partial charge in [0.15, 0.2) is 0 Å². The van der Waals surface area contributed by atoms with Gasteiger partial charge in [-0.3, -0.25) is 9.69 Å². The van der Waals surface area contributed by atoms with Crippen molar-refractivity contribution in [2.24, 2.45) is 0 Å². The fourth-order valence-corrected chi connectivity index (χ4v) is 1.81. The van der Waals surface area contributed by atoms with Crippen LogP contribution < -0.4 is 4.90 Å². The molecular weight excluding hydrogens is 198 g/mol. The lowest BCUT2D eigenvalue weighted by Gasteiger charge is -2.21. The molecule has 1 aromatic carbocycles. The third-order valence-corrected chi connectivity index (χ3v) is 2.44. The van der Waals surface area contributed by atoms with E-state index in [2.05, 4.69) is 0 Å². The Hall–Kier alpha value is -1.02. The number of halogens is 1. The van der Waals surface area contributed by atoms with Gasteiger partial charge in [0.25, 0.3) is 0 Å². The van der Waals surface area contributed by atoms with E-state index in [0.717, 1.165) is 16.8 Å². The average Bonchev–Trinajstić information content (AvgIpc) is 2.10. The molecule has 0 spiro atoms. The van der Waals surface area contributed by atoms with E-state index < -0.39 is 5.37 Å². The topological polar surface area (TPSA) is 20.3 Å². The summed E-state index contributed by atoms with van der Waals surface area (Å²) >= 11 is 5.51. The number of rotatable bonds is 2. The molecule has 1 amide bonds. The van der Waals surface area contributed by atoms with Crippen molar-refractivity contribution >= 4 is 22.7 Å². The summed E-state index contributed by atoms with van der Waals surface area (Å²) in [4.78, 5) is 12.7. The van der Waals surface area contributed by atoms with E-state index in [0.29, 0.717) is 6.54 Å². The van der Waals surface area contributed by atoms with Crippen LogP contribution in [0.1, 0.15) is 18.1 Å². The largest absolute Gasteiger partial charge is 0.320 e. The van der Waals surface area contributed by atoms with Crippen LogP contribution in [0.3, 0.4) is 0 Å². The summed E-state index contributed by atoms with van der Waals surface area (Å²) in [5.41, 5.74) is 3.07. The van der Waals surface area contributed by atoms with Crippen LogP contribution in [0.4, 0.5) is 10.5 Å². The van der Waals surface area contributed by atoms with Crippen LogP contribution in [0.15, 0.2) is 18.2 Å². The van der Waals surface area contributed by atoms with Crippen LogP contribution >= 0.6 is 11.6 Å². The smallest absolute Gasteiger partial charge is 0.299 e. The van der Waals surface area contributed by atoms with Gasteiger partial charge in [0.05, 0.1) is 5.69 Å². The van der Waals surface area contributed by atoms with Gasteiger partial charge in [0, 0.05) is 6.54 Å². The van der Waals surface area contributed by atoms with Gasteiger partial charge in [-0.1, -0.05) is 18.2 Å². The highest BCUT2D eigenvalue weighted by Crippen LogP contribution is 2.25. The lowest BCUT2D eigenvalue weighted by molar-refractivity contribution is 0.264. The molecule has 1 rings (SSSR count). The van der Waals surface area contributed by atoms with E-state index in [1.807, 2.05) is 39.0 Å². The van der Waals surface area contributed by atoms with Crippen molar-refractivity contribution in [2.75, 3.05) is 11.4 Å². The predicted molar refractivity (Wildman–Crippen MR) is 60.2 cm³/mol. The maximum Gasteiger partial charge on any atom is 0.320 e. The first-order valence-corrected chi connectivity index (χ1v) is 4.99. The Balaban J connectivity index is 3.22. The van der Waals surface area contributed by atoms with Crippen molar-refractivity contribution in [2.45, 2.75) is 20.8 Å². The zero-order chi connectivity index (χ0) is 10.7. The second kappa shape index (κ2) is 4.47. The second-order valence-corrected chi connectivity index (χ2v) is 3.56. The summed E-state index contributed by atoms with van der Waals surface area (Å²) in [6, 6.07) is 5.93. The van der Waals surface area contributed by atoms with Crippen LogP contribution in [-0.4, -0.2) is 11.9 Å². The average molecular weight is 212 g/mol. The molecule has 0 bridgehead atoms. The SMILES string of the molecule is CCN(C(=O)Cl)c1c(C)cccc1C. The number of aryl methyl sites for hydroxylation is 2. The molecule has 0 saturated heterocycles. The van der Waals surface area contributed by atoms with Gasteiger partial charge in [0.2, 0.25) is 0 Å². The third kappa shape index (κ3) is 2.07. The number of anilines is 1. The molecule has 1 aromatic rings. The minimum atomic E-state index is -0.426. The van der Waals surface area contributed by atoms with Gasteiger partial charge in [-0.15, -0.1) is 0 Å². The minimum Gasteiger partial charge on any atom is -0.299 e. The number of nitrogens with zero attached hydrogens (tertiary/aromatic N) is 1. The molecule has 0 saturated carbocycles. The normalized spacial score (nSPS) is 10.0. The summed E-state index contributed by atoms with van der Waals surface area (Å²) in [5, 5.41) is -0.426. The molecule has 0 aliphatic rings. The van der Waals surface area contributed by atoms with E-state index in [9.17, 15) is 4.79 Å². The Labute approximate surface area is 89.5 Å². The second-order valence-electron chi connectivity index (χ2n) is 3.24. The Bertz CT molecular complexity index is 329. The van der Waals surface area contributed by atoms with Gasteiger partial charge in [-0.25, -0.2) is 0 Å². The Morgan fingerprint density at radius 3 is 2.21 bits per heavy atom. The number of amides is 1. The van der Waals surface area contributed by atoms with E-state index in [1.54, 1.807) is 4.90 Å². The summed E-state index contributed by atoms with van der Waals surface area (Å²) in [5.74, 6) is 0. The van der Waals surface area contributed by atoms with Crippen LogP contribution in [0.25, 0.3) is 0 Å². The highest BCUT2D eigenvalue weighted by molar-refractivity contribution is 6.66. The molecule has 76 valence electrons. The van der Waals surface area contributed by atoms with Crippen LogP contribution in [-0.2, 0) is 0 Å². The molecule has 0 heterocycles. The Kier molecular flexibility index (Phi) is 3.53. The van der Waals surface area contributed by atoms with Gasteiger partial charge in [0.1, 0.15) is 0 Å². The minimum absolute atomic E-state index is 0.426. The molecule has 0 aromatic heterocycles. The molecule has 0 aliphatic carbocycles. The third-order valence-electron chi connectivity index (χ3n) is 2.24. The monoisotopic (exact) mass is 211 g/mol. The van der Waals surface area contributed by atoms with Crippen molar-refractivity contribution in [3.8, 4) is 0 Å². The first kappa shape index (κ1) is 11.1. The lowest BCUT2D eigenvalue weighted by Crippen LogP contribution is -2.26. The summed E-state index contributed by atoms with van der Waals surface area (Å²) in [6.45, 7) is 6.45. The summed E-state index contributed by atoms with van der Waals surface area (Å²) in [7, 11) is 0. The number of carbonyl (C=O) groups excluding carboxylic acids is 1. The Morgan fingerprint density at radius 2 is 1.86 bits per heavy atom. The maximum absolute atomic E-state index is 11.2. The van der Waals surface area contributed by atoms with Gasteiger partial charge in [-0.2, -0.15) is 0 Å². The fourth-order valence-electron chi connectivity index (χ4n) is 1.60. The number of hydrogen-bond acceptors (Lipinski definition) is 1. The van der Waals surface area contributed by atoms with E-state index in [4.69, 9.17) is 11.6 Å². The Morgan fingerprint density at radius 1 is 1.36 bits per heavy atom. The predicted octanol–water partition coefficient (Wildman–Crippen LogP) is 3.49. The molecule has 0 atom stereocenters. The molecule has 0 radical (unpaired) electrons. The zero-order valence-corrected chi connectivity index (χ0v) is 9.43. The van der Waals surface area contributed by atoms with Crippen molar-refractivity contribution in [3.05, 3.63) is 29.3 Å². The first-order valence-electron chi connectivity index (χ1n) is 4.61. The van der Waals surface area contributed by atoms with E-state index >= 15 is 0 Å². The first-order chi connectivity index (χ1) is 6.57. The lowest BCUT2D eigenvalue weighted by atomic mass is 10.1.